The first kappa shape index (κ1) is 15.5. The molecule has 2 aromatic rings. The van der Waals surface area contributed by atoms with E-state index < -0.39 is 0 Å². The zero-order chi connectivity index (χ0) is 16.8. The Kier molecular flexibility index (Phi) is 3.86. The summed E-state index contributed by atoms with van der Waals surface area (Å²) >= 11 is 0. The molecule has 1 atom stereocenters. The fourth-order valence-corrected chi connectivity index (χ4v) is 3.90. The molecule has 3 aliphatic rings. The molecule has 4 heterocycles. The van der Waals surface area contributed by atoms with Gasteiger partial charge in [0.15, 0.2) is 11.5 Å². The SMILES string of the molecule is CN(CC1CCCCO1)C1CN(c2ccc3nnc(C4CC4)n3n2)C1. The summed E-state index contributed by atoms with van der Waals surface area (Å²) in [5.41, 5.74) is 0.856. The minimum absolute atomic E-state index is 0.417. The Morgan fingerprint density at radius 3 is 2.80 bits per heavy atom. The minimum atomic E-state index is 0.417. The van der Waals surface area contributed by atoms with Crippen molar-refractivity contribution in [3.63, 3.8) is 0 Å². The summed E-state index contributed by atoms with van der Waals surface area (Å²) in [4.78, 5) is 4.80. The molecular formula is C18H26N6O. The lowest BCUT2D eigenvalue weighted by molar-refractivity contribution is -0.0102. The number of anilines is 1. The average molecular weight is 342 g/mol. The topological polar surface area (TPSA) is 58.8 Å². The third-order valence-corrected chi connectivity index (χ3v) is 5.79. The van der Waals surface area contributed by atoms with Gasteiger partial charge in [0.05, 0.1) is 6.10 Å². The smallest absolute Gasteiger partial charge is 0.178 e. The lowest BCUT2D eigenvalue weighted by Gasteiger charge is -2.45. The van der Waals surface area contributed by atoms with E-state index in [9.17, 15) is 0 Å². The first-order valence-corrected chi connectivity index (χ1v) is 9.57. The molecule has 7 nitrogen and oxygen atoms in total. The molecule has 0 aromatic carbocycles. The van der Waals surface area contributed by atoms with Crippen molar-refractivity contribution in [3.8, 4) is 0 Å². The van der Waals surface area contributed by atoms with E-state index >= 15 is 0 Å². The zero-order valence-corrected chi connectivity index (χ0v) is 14.8. The second-order valence-corrected chi connectivity index (χ2v) is 7.78. The lowest BCUT2D eigenvalue weighted by atomic mass is 10.0. The standard InChI is InChI=1S/C18H26N6O/c1-22(12-15-4-2-3-9-25-15)14-10-23(11-14)17-8-7-16-19-20-18(13-5-6-13)24(16)21-17/h7-8,13-15H,2-6,9-12H2,1H3. The predicted molar refractivity (Wildman–Crippen MR) is 95.0 cm³/mol. The molecule has 1 saturated carbocycles. The van der Waals surface area contributed by atoms with E-state index in [1.807, 2.05) is 10.6 Å². The van der Waals surface area contributed by atoms with Crippen LogP contribution in [-0.4, -0.2) is 70.1 Å². The van der Waals surface area contributed by atoms with Crippen LogP contribution < -0.4 is 4.90 Å². The van der Waals surface area contributed by atoms with Crippen molar-refractivity contribution in [3.05, 3.63) is 18.0 Å². The van der Waals surface area contributed by atoms with Crippen LogP contribution in [0.15, 0.2) is 12.1 Å². The van der Waals surface area contributed by atoms with E-state index in [0.29, 0.717) is 18.1 Å². The van der Waals surface area contributed by atoms with Gasteiger partial charge in [-0.3, -0.25) is 4.90 Å². The van der Waals surface area contributed by atoms with Crippen LogP contribution in [0.3, 0.4) is 0 Å². The summed E-state index contributed by atoms with van der Waals surface area (Å²) in [5, 5.41) is 13.4. The van der Waals surface area contributed by atoms with Gasteiger partial charge in [-0.2, -0.15) is 4.52 Å². The molecule has 2 saturated heterocycles. The Bertz CT molecular complexity index is 745. The number of hydrogen-bond acceptors (Lipinski definition) is 6. The molecule has 7 heteroatoms. The quantitative estimate of drug-likeness (QED) is 0.824. The average Bonchev–Trinajstić information content (AvgIpc) is 3.34. The normalized spacial score (nSPS) is 24.9. The summed E-state index contributed by atoms with van der Waals surface area (Å²) in [6, 6.07) is 4.70. The van der Waals surface area contributed by atoms with Gasteiger partial charge >= 0.3 is 0 Å². The van der Waals surface area contributed by atoms with Gasteiger partial charge in [0.25, 0.3) is 0 Å². The van der Waals surface area contributed by atoms with Crippen LogP contribution in [0.25, 0.3) is 5.65 Å². The molecule has 3 fully saturated rings. The second kappa shape index (κ2) is 6.21. The monoisotopic (exact) mass is 342 g/mol. The van der Waals surface area contributed by atoms with Crippen molar-refractivity contribution in [1.82, 2.24) is 24.7 Å². The Labute approximate surface area is 148 Å². The van der Waals surface area contributed by atoms with Crippen molar-refractivity contribution < 1.29 is 4.74 Å². The molecular weight excluding hydrogens is 316 g/mol. The van der Waals surface area contributed by atoms with E-state index in [-0.39, 0.29) is 0 Å². The Morgan fingerprint density at radius 2 is 2.04 bits per heavy atom. The van der Waals surface area contributed by atoms with Crippen LogP contribution >= 0.6 is 0 Å². The first-order valence-electron chi connectivity index (χ1n) is 9.57. The number of ether oxygens (including phenoxy) is 1. The lowest BCUT2D eigenvalue weighted by Crippen LogP contribution is -2.60. The van der Waals surface area contributed by atoms with Gasteiger partial charge in [0, 0.05) is 38.2 Å². The zero-order valence-electron chi connectivity index (χ0n) is 14.8. The fraction of sp³-hybridized carbons (Fsp3) is 0.722. The van der Waals surface area contributed by atoms with E-state index in [1.165, 1.54) is 32.1 Å². The number of hydrogen-bond donors (Lipinski definition) is 0. The maximum Gasteiger partial charge on any atom is 0.178 e. The largest absolute Gasteiger partial charge is 0.377 e. The number of aromatic nitrogens is 4. The van der Waals surface area contributed by atoms with Gasteiger partial charge in [-0.25, -0.2) is 0 Å². The summed E-state index contributed by atoms with van der Waals surface area (Å²) in [5.74, 6) is 2.62. The summed E-state index contributed by atoms with van der Waals surface area (Å²) < 4.78 is 7.82. The molecule has 0 amide bonds. The molecule has 134 valence electrons. The number of rotatable bonds is 5. The molecule has 0 N–H and O–H groups in total. The number of fused-ring (bicyclic) bond motifs is 1. The maximum absolute atomic E-state index is 5.87. The van der Waals surface area contributed by atoms with Crippen molar-refractivity contribution in [2.75, 3.05) is 38.2 Å². The van der Waals surface area contributed by atoms with Crippen LogP contribution in [0.2, 0.25) is 0 Å². The van der Waals surface area contributed by atoms with Crippen LogP contribution in [-0.2, 0) is 4.74 Å². The number of nitrogens with zero attached hydrogens (tertiary/aromatic N) is 6. The Balaban J connectivity index is 1.22. The maximum atomic E-state index is 5.87. The van der Waals surface area contributed by atoms with Crippen molar-refractivity contribution in [1.29, 1.82) is 0 Å². The van der Waals surface area contributed by atoms with Crippen molar-refractivity contribution in [2.45, 2.75) is 50.2 Å². The van der Waals surface area contributed by atoms with E-state index in [2.05, 4.69) is 33.1 Å². The van der Waals surface area contributed by atoms with Crippen LogP contribution in [0.5, 0.6) is 0 Å². The van der Waals surface area contributed by atoms with Gasteiger partial charge < -0.3 is 9.64 Å². The van der Waals surface area contributed by atoms with Gasteiger partial charge in [-0.05, 0) is 51.3 Å². The molecule has 5 rings (SSSR count). The molecule has 2 aliphatic heterocycles. The van der Waals surface area contributed by atoms with Gasteiger partial charge in [0.1, 0.15) is 5.82 Å². The highest BCUT2D eigenvalue weighted by Gasteiger charge is 2.33. The van der Waals surface area contributed by atoms with E-state index in [0.717, 1.165) is 43.5 Å². The van der Waals surface area contributed by atoms with Gasteiger partial charge in [0.2, 0.25) is 0 Å². The first-order chi connectivity index (χ1) is 12.3. The molecule has 1 aliphatic carbocycles. The molecule has 0 spiro atoms. The predicted octanol–water partition coefficient (Wildman–Crippen LogP) is 1.69. The summed E-state index contributed by atoms with van der Waals surface area (Å²) in [6.45, 7) is 4.04. The molecule has 1 unspecified atom stereocenters. The van der Waals surface area contributed by atoms with Crippen molar-refractivity contribution >= 4 is 11.5 Å². The summed E-state index contributed by atoms with van der Waals surface area (Å²) in [6.07, 6.45) is 6.58. The third-order valence-electron chi connectivity index (χ3n) is 5.79. The second-order valence-electron chi connectivity index (χ2n) is 7.78. The molecule has 25 heavy (non-hydrogen) atoms. The van der Waals surface area contributed by atoms with E-state index in [1.54, 1.807) is 0 Å². The minimum Gasteiger partial charge on any atom is -0.377 e. The molecule has 2 aromatic heterocycles. The highest BCUT2D eigenvalue weighted by Crippen LogP contribution is 2.38. The van der Waals surface area contributed by atoms with Gasteiger partial charge in [-0.15, -0.1) is 15.3 Å². The Morgan fingerprint density at radius 1 is 1.16 bits per heavy atom. The van der Waals surface area contributed by atoms with Gasteiger partial charge in [-0.1, -0.05) is 0 Å². The number of likely N-dealkylation sites (N-methyl/N-ethyl adjacent to an activating group) is 1. The summed E-state index contributed by atoms with van der Waals surface area (Å²) in [7, 11) is 2.22. The Hall–Kier alpha value is -1.73. The molecule has 0 bridgehead atoms. The fourth-order valence-electron chi connectivity index (χ4n) is 3.90. The highest BCUT2D eigenvalue weighted by atomic mass is 16.5. The molecule has 0 radical (unpaired) electrons. The van der Waals surface area contributed by atoms with Crippen LogP contribution in [0.1, 0.15) is 43.8 Å². The van der Waals surface area contributed by atoms with Crippen LogP contribution in [0.4, 0.5) is 5.82 Å². The van der Waals surface area contributed by atoms with Crippen LogP contribution in [0, 0.1) is 0 Å². The van der Waals surface area contributed by atoms with E-state index in [4.69, 9.17) is 9.84 Å². The van der Waals surface area contributed by atoms with Crippen molar-refractivity contribution in [2.24, 2.45) is 0 Å². The highest BCUT2D eigenvalue weighted by molar-refractivity contribution is 5.48. The third kappa shape index (κ3) is 3.00.